The van der Waals surface area contributed by atoms with Crippen molar-refractivity contribution in [1.29, 1.82) is 0 Å². The highest BCUT2D eigenvalue weighted by Gasteiger charge is 2.73. The third-order valence-electron chi connectivity index (χ3n) is 13.8. The first kappa shape index (κ1) is 24.8. The molecule has 192 valence electrons. The molecule has 5 saturated carbocycles. The third kappa shape index (κ3) is 2.81. The Hall–Kier alpha value is -0.900. The molecule has 0 aromatic heterocycles. The van der Waals surface area contributed by atoms with E-state index in [9.17, 15) is 19.8 Å². The molecule has 0 unspecified atom stereocenters. The number of ketones is 1. The van der Waals surface area contributed by atoms with Crippen LogP contribution in [0, 0.1) is 56.2 Å². The molecular weight excluding hydrogens is 424 g/mol. The van der Waals surface area contributed by atoms with Crippen molar-refractivity contribution in [2.24, 2.45) is 56.2 Å². The second-order valence-electron chi connectivity index (χ2n) is 15.2. The van der Waals surface area contributed by atoms with Crippen LogP contribution in [-0.2, 0) is 9.59 Å². The number of carbonyl (C=O) groups is 2. The number of aliphatic carboxylic acids is 1. The molecule has 2 N–H and O–H groups in total. The first-order valence-corrected chi connectivity index (χ1v) is 14.0. The Bertz CT molecular complexity index is 909. The zero-order chi connectivity index (χ0) is 25.1. The molecule has 0 amide bonds. The van der Waals surface area contributed by atoms with Gasteiger partial charge < -0.3 is 10.2 Å². The van der Waals surface area contributed by atoms with Crippen molar-refractivity contribution in [3.8, 4) is 0 Å². The first-order chi connectivity index (χ1) is 15.6. The minimum atomic E-state index is -0.824. The zero-order valence-electron chi connectivity index (χ0n) is 22.7. The van der Waals surface area contributed by atoms with Crippen molar-refractivity contribution in [3.63, 3.8) is 0 Å². The first-order valence-electron chi connectivity index (χ1n) is 14.0. The molecule has 5 rings (SSSR count). The van der Waals surface area contributed by atoms with Crippen LogP contribution in [0.5, 0.6) is 0 Å². The number of carboxylic acid groups (broad SMARTS) is 1. The van der Waals surface area contributed by atoms with Crippen molar-refractivity contribution in [2.75, 3.05) is 0 Å². The van der Waals surface area contributed by atoms with Gasteiger partial charge in [-0.1, -0.05) is 48.5 Å². The molecule has 0 spiro atoms. The van der Waals surface area contributed by atoms with Crippen molar-refractivity contribution in [3.05, 3.63) is 0 Å². The van der Waals surface area contributed by atoms with Crippen molar-refractivity contribution < 1.29 is 19.8 Å². The number of carbonyl (C=O) groups excluding carboxylic acids is 1. The maximum atomic E-state index is 12.9. The van der Waals surface area contributed by atoms with Crippen molar-refractivity contribution in [2.45, 2.75) is 119 Å². The quantitative estimate of drug-likeness (QED) is 0.457. The SMILES string of the molecule is C[C@H]1C(=O)[C@H](O)C[C@@H]2[C@]1(C)CC[C@H]1[C@@]2(C)CC[C@@]2(C)[C@@H]3CC(C)(C)CC[C@]3(C(=O)O)CC[C@]12C. The maximum Gasteiger partial charge on any atom is 0.309 e. The normalized spacial score (nSPS) is 56.5. The summed E-state index contributed by atoms with van der Waals surface area (Å²) in [5.41, 5.74) is -0.229. The fourth-order valence-electron chi connectivity index (χ4n) is 11.2. The van der Waals surface area contributed by atoms with E-state index >= 15 is 0 Å². The van der Waals surface area contributed by atoms with Crippen molar-refractivity contribution in [1.82, 2.24) is 0 Å². The summed E-state index contributed by atoms with van der Waals surface area (Å²) in [5, 5.41) is 21.3. The molecule has 4 heteroatoms. The summed E-state index contributed by atoms with van der Waals surface area (Å²) in [4.78, 5) is 25.7. The molecule has 5 aliphatic carbocycles. The molecule has 5 fully saturated rings. The fraction of sp³-hybridized carbons (Fsp3) is 0.933. The monoisotopic (exact) mass is 472 g/mol. The minimum absolute atomic E-state index is 0.00790. The van der Waals surface area contributed by atoms with Crippen LogP contribution < -0.4 is 0 Å². The Labute approximate surface area is 206 Å². The highest BCUT2D eigenvalue weighted by atomic mass is 16.4. The standard InChI is InChI=1S/C30H48O4/c1-18-23(32)19(31)16-21-26(18,4)9-8-20-27(21,5)11-12-29(7)22-17-25(2,3)10-14-30(22,24(33)34)15-13-28(20,29)6/h18-22,31H,8-17H2,1-7H3,(H,33,34)/t18-,19+,20-,21+,22-,26+,27+,28+,29-,30-/m0/s1. The van der Waals surface area contributed by atoms with Gasteiger partial charge in [0.25, 0.3) is 0 Å². The number of Topliss-reactive ketones (excluding diaryl/α,β-unsaturated/α-hetero) is 1. The molecule has 0 aromatic carbocycles. The highest BCUT2D eigenvalue weighted by molar-refractivity contribution is 5.86. The van der Waals surface area contributed by atoms with Gasteiger partial charge in [0.2, 0.25) is 0 Å². The number of aliphatic hydroxyl groups is 1. The van der Waals surface area contributed by atoms with Gasteiger partial charge >= 0.3 is 5.97 Å². The van der Waals surface area contributed by atoms with Crippen LogP contribution >= 0.6 is 0 Å². The van der Waals surface area contributed by atoms with Gasteiger partial charge in [-0.25, -0.2) is 0 Å². The zero-order valence-corrected chi connectivity index (χ0v) is 22.7. The second-order valence-corrected chi connectivity index (χ2v) is 15.2. The summed E-state index contributed by atoms with van der Waals surface area (Å²) in [5.74, 6) is 0.475. The Kier molecular flexibility index (Phi) is 5.18. The molecule has 34 heavy (non-hydrogen) atoms. The number of carboxylic acids is 1. The van der Waals surface area contributed by atoms with E-state index in [1.807, 2.05) is 0 Å². The smallest absolute Gasteiger partial charge is 0.309 e. The number of rotatable bonds is 1. The molecule has 10 atom stereocenters. The lowest BCUT2D eigenvalue weighted by atomic mass is 9.30. The van der Waals surface area contributed by atoms with Crippen LogP contribution in [0.2, 0.25) is 0 Å². The predicted octanol–water partition coefficient (Wildman–Crippen LogP) is 6.49. The van der Waals surface area contributed by atoms with Gasteiger partial charge in [-0.3, -0.25) is 9.59 Å². The largest absolute Gasteiger partial charge is 0.481 e. The molecule has 0 saturated heterocycles. The topological polar surface area (TPSA) is 74.6 Å². The fourth-order valence-corrected chi connectivity index (χ4v) is 11.2. The lowest BCUT2D eigenvalue weighted by Gasteiger charge is -2.74. The van der Waals surface area contributed by atoms with E-state index in [0.29, 0.717) is 18.3 Å². The van der Waals surface area contributed by atoms with Gasteiger partial charge in [0, 0.05) is 5.92 Å². The Balaban J connectivity index is 1.58. The second kappa shape index (κ2) is 7.11. The van der Waals surface area contributed by atoms with E-state index in [0.717, 1.165) is 57.8 Å². The third-order valence-corrected chi connectivity index (χ3v) is 13.8. The molecule has 0 bridgehead atoms. The van der Waals surface area contributed by atoms with Gasteiger partial charge in [-0.05, 0) is 109 Å². The summed E-state index contributed by atoms with van der Waals surface area (Å²) in [6.45, 7) is 16.5. The van der Waals surface area contributed by atoms with Crippen LogP contribution in [0.4, 0.5) is 0 Å². The molecule has 0 aromatic rings. The average Bonchev–Trinajstić information content (AvgIpc) is 2.75. The Morgan fingerprint density at radius 2 is 1.38 bits per heavy atom. The van der Waals surface area contributed by atoms with Gasteiger partial charge in [-0.2, -0.15) is 0 Å². The molecule has 0 radical (unpaired) electrons. The van der Waals surface area contributed by atoms with E-state index in [4.69, 9.17) is 0 Å². The lowest BCUT2D eigenvalue weighted by molar-refractivity contribution is -0.261. The van der Waals surface area contributed by atoms with E-state index in [1.54, 1.807) is 0 Å². The molecule has 0 heterocycles. The van der Waals surface area contributed by atoms with E-state index in [1.165, 1.54) is 0 Å². The Morgan fingerprint density at radius 1 is 0.794 bits per heavy atom. The van der Waals surface area contributed by atoms with Gasteiger partial charge in [0.05, 0.1) is 5.41 Å². The molecule has 4 nitrogen and oxygen atoms in total. The van der Waals surface area contributed by atoms with Gasteiger partial charge in [-0.15, -0.1) is 0 Å². The summed E-state index contributed by atoms with van der Waals surface area (Å²) in [6, 6.07) is 0. The Morgan fingerprint density at radius 3 is 2.03 bits per heavy atom. The maximum absolute atomic E-state index is 12.9. The van der Waals surface area contributed by atoms with Gasteiger partial charge in [0.1, 0.15) is 6.10 Å². The van der Waals surface area contributed by atoms with Crippen LogP contribution in [0.25, 0.3) is 0 Å². The summed E-state index contributed by atoms with van der Waals surface area (Å²) >= 11 is 0. The number of fused-ring (bicyclic) bond motifs is 7. The molecule has 0 aliphatic heterocycles. The minimum Gasteiger partial charge on any atom is -0.481 e. The van der Waals surface area contributed by atoms with Crippen LogP contribution in [0.1, 0.15) is 113 Å². The number of hydrogen-bond donors (Lipinski definition) is 2. The van der Waals surface area contributed by atoms with Crippen LogP contribution in [0.15, 0.2) is 0 Å². The number of hydrogen-bond acceptors (Lipinski definition) is 3. The highest BCUT2D eigenvalue weighted by Crippen LogP contribution is 2.78. The lowest BCUT2D eigenvalue weighted by Crippen LogP contribution is -2.69. The van der Waals surface area contributed by atoms with E-state index < -0.39 is 17.5 Å². The van der Waals surface area contributed by atoms with Crippen LogP contribution in [0.3, 0.4) is 0 Å². The number of aliphatic hydroxyl groups excluding tert-OH is 1. The van der Waals surface area contributed by atoms with Gasteiger partial charge in [0.15, 0.2) is 5.78 Å². The average molecular weight is 473 g/mol. The van der Waals surface area contributed by atoms with Crippen molar-refractivity contribution >= 4 is 11.8 Å². The molecule has 5 aliphatic rings. The summed E-state index contributed by atoms with van der Waals surface area (Å²) < 4.78 is 0. The summed E-state index contributed by atoms with van der Waals surface area (Å²) in [7, 11) is 0. The van der Waals surface area contributed by atoms with E-state index in [-0.39, 0.29) is 44.7 Å². The van der Waals surface area contributed by atoms with Crippen LogP contribution in [-0.4, -0.2) is 28.1 Å². The molecular formula is C30H48O4. The summed E-state index contributed by atoms with van der Waals surface area (Å²) in [6.07, 6.45) is 8.75. The predicted molar refractivity (Wildman–Crippen MR) is 133 cm³/mol. The van der Waals surface area contributed by atoms with E-state index in [2.05, 4.69) is 48.5 Å².